The van der Waals surface area contributed by atoms with Gasteiger partial charge in [-0.2, -0.15) is 0 Å². The van der Waals surface area contributed by atoms with Gasteiger partial charge in [-0.3, -0.25) is 4.79 Å². The molecular weight excluding hydrogens is 152 g/mol. The molecule has 2 aliphatic heterocycles. The number of amides is 1. The van der Waals surface area contributed by atoms with Crippen LogP contribution in [0.3, 0.4) is 0 Å². The Labute approximate surface area is 73.3 Å². The molecule has 0 aromatic heterocycles. The normalized spacial score (nSPS) is 41.8. The maximum atomic E-state index is 11.2. The summed E-state index contributed by atoms with van der Waals surface area (Å²) in [5.41, 5.74) is 0. The Hall–Kier alpha value is -0.570. The van der Waals surface area contributed by atoms with Crippen LogP contribution in [0.25, 0.3) is 0 Å². The van der Waals surface area contributed by atoms with Crippen LogP contribution in [0, 0.1) is 0 Å². The molecule has 2 fully saturated rings. The highest BCUT2D eigenvalue weighted by Crippen LogP contribution is 2.24. The van der Waals surface area contributed by atoms with Gasteiger partial charge in [-0.15, -0.1) is 0 Å². The Morgan fingerprint density at radius 2 is 2.33 bits per heavy atom. The molecule has 0 bridgehead atoms. The van der Waals surface area contributed by atoms with Crippen molar-refractivity contribution >= 4 is 5.91 Å². The summed E-state index contributed by atoms with van der Waals surface area (Å²) in [6, 6.07) is 0.691. The van der Waals surface area contributed by atoms with E-state index in [1.54, 1.807) is 0 Å². The van der Waals surface area contributed by atoms with E-state index in [4.69, 9.17) is 0 Å². The number of fused-ring (bicyclic) bond motifs is 1. The van der Waals surface area contributed by atoms with Gasteiger partial charge in [-0.25, -0.2) is 0 Å². The van der Waals surface area contributed by atoms with Gasteiger partial charge in [0.2, 0.25) is 0 Å². The summed E-state index contributed by atoms with van der Waals surface area (Å²) in [4.78, 5) is 11.2. The number of likely N-dealkylation sites (N-methyl/N-ethyl adjacent to an activating group) is 1. The average Bonchev–Trinajstić information content (AvgIpc) is 2.02. The predicted molar refractivity (Wildman–Crippen MR) is 46.6 cm³/mol. The van der Waals surface area contributed by atoms with E-state index in [9.17, 15) is 4.79 Å². The number of rotatable bonds is 0. The molecule has 1 amide bonds. The average molecular weight is 169 g/mol. The molecule has 0 saturated carbocycles. The molecule has 2 heterocycles. The first-order valence-corrected chi connectivity index (χ1v) is 4.82. The fraction of sp³-hybridized carbons (Fsp3) is 0.889. The van der Waals surface area contributed by atoms with E-state index in [1.807, 2.05) is 0 Å². The molecule has 2 rings (SSSR count). The molecule has 0 unspecified atom stereocenters. The fourth-order valence-electron chi connectivity index (χ4n) is 2.49. The van der Waals surface area contributed by atoms with Crippen LogP contribution >= 0.6 is 0 Å². The first-order valence-electron chi connectivity index (χ1n) is 4.82. The van der Waals surface area contributed by atoms with Crippen molar-refractivity contribution in [2.24, 2.45) is 0 Å². The minimum Gasteiger partial charge on any atom is -0.345 e. The number of piperazine rings is 1. The van der Waals surface area contributed by atoms with Gasteiger partial charge in [0, 0.05) is 6.42 Å². The minimum absolute atomic E-state index is 0.232. The zero-order chi connectivity index (χ0) is 8.60. The summed E-state index contributed by atoms with van der Waals surface area (Å²) >= 11 is 0. The number of nitrogens with zero attached hydrogens (tertiary/aromatic N) is 1. The topological polar surface area (TPSA) is 29.1 Å². The Balaban J connectivity index is 2.12. The molecule has 0 radical (unpaired) electrons. The van der Waals surface area contributed by atoms with Gasteiger partial charge >= 0.3 is 0 Å². The molecule has 68 valence electrons. The summed E-state index contributed by atoms with van der Waals surface area (Å²) in [6.45, 7) is 2.79. The molecule has 3 nitrogen and oxygen atoms in total. The van der Waals surface area contributed by atoms with Crippen LogP contribution in [-0.4, -0.2) is 43.1 Å². The molecule has 2 atom stereocenters. The van der Waals surface area contributed by atoms with Crippen LogP contribution < -0.4 is 5.32 Å². The van der Waals surface area contributed by atoms with Crippen molar-refractivity contribution in [3.05, 3.63) is 0 Å². The lowest BCUT2D eigenvalue weighted by atomic mass is 9.97. The van der Waals surface area contributed by atoms with Gasteiger partial charge in [0.25, 0.3) is 5.91 Å². The van der Waals surface area contributed by atoms with E-state index in [0.717, 1.165) is 11.0 Å². The van der Waals surface area contributed by atoms with Gasteiger partial charge in [0.1, 0.15) is 6.04 Å². The van der Waals surface area contributed by atoms with Crippen LogP contribution in [0.1, 0.15) is 19.3 Å². The third-order valence-corrected chi connectivity index (χ3v) is 3.38. The maximum Gasteiger partial charge on any atom is 0.275 e. The van der Waals surface area contributed by atoms with Crippen LogP contribution in [0.15, 0.2) is 0 Å². The van der Waals surface area contributed by atoms with Crippen LogP contribution in [-0.2, 0) is 4.79 Å². The van der Waals surface area contributed by atoms with Crippen molar-refractivity contribution in [3.63, 3.8) is 0 Å². The molecule has 2 saturated heterocycles. The summed E-state index contributed by atoms with van der Waals surface area (Å²) < 4.78 is 0.992. The Kier molecular flexibility index (Phi) is 1.83. The first-order chi connectivity index (χ1) is 5.71. The van der Waals surface area contributed by atoms with E-state index in [0.29, 0.717) is 12.6 Å². The Bertz CT molecular complexity index is 205. The van der Waals surface area contributed by atoms with Crippen molar-refractivity contribution < 1.29 is 9.28 Å². The lowest BCUT2D eigenvalue weighted by Gasteiger charge is -2.47. The first kappa shape index (κ1) is 8.05. The largest absolute Gasteiger partial charge is 0.345 e. The van der Waals surface area contributed by atoms with Crippen molar-refractivity contribution in [1.29, 1.82) is 0 Å². The number of nitrogens with one attached hydrogen (secondary N) is 1. The van der Waals surface area contributed by atoms with Crippen molar-refractivity contribution in [1.82, 2.24) is 5.32 Å². The Morgan fingerprint density at radius 1 is 1.50 bits per heavy atom. The van der Waals surface area contributed by atoms with Gasteiger partial charge in [-0.1, -0.05) is 0 Å². The zero-order valence-electron chi connectivity index (χ0n) is 7.68. The van der Waals surface area contributed by atoms with E-state index < -0.39 is 0 Å². The number of piperidine rings is 1. The lowest BCUT2D eigenvalue weighted by molar-refractivity contribution is -0.932. The number of carbonyl (C=O) groups is 1. The molecule has 2 aliphatic rings. The van der Waals surface area contributed by atoms with Crippen molar-refractivity contribution in [2.45, 2.75) is 25.3 Å². The van der Waals surface area contributed by atoms with Gasteiger partial charge in [-0.05, 0) is 12.8 Å². The second-order valence-corrected chi connectivity index (χ2v) is 4.31. The summed E-state index contributed by atoms with van der Waals surface area (Å²) in [5, 5.41) is 2.95. The maximum absolute atomic E-state index is 11.2. The van der Waals surface area contributed by atoms with E-state index >= 15 is 0 Å². The SMILES string of the molecule is C[N@+]12CCCC[C@@H]1CNC(=O)C2. The van der Waals surface area contributed by atoms with E-state index in [1.165, 1.54) is 25.8 Å². The van der Waals surface area contributed by atoms with Gasteiger partial charge in [0.15, 0.2) is 6.54 Å². The van der Waals surface area contributed by atoms with Crippen LogP contribution in [0.5, 0.6) is 0 Å². The molecule has 0 aromatic rings. The lowest BCUT2D eigenvalue weighted by Crippen LogP contribution is -2.66. The third-order valence-electron chi connectivity index (χ3n) is 3.38. The number of hydrogen-bond donors (Lipinski definition) is 1. The molecule has 12 heavy (non-hydrogen) atoms. The summed E-state index contributed by atoms with van der Waals surface area (Å²) in [7, 11) is 2.22. The highest BCUT2D eigenvalue weighted by atomic mass is 16.2. The third kappa shape index (κ3) is 1.22. The van der Waals surface area contributed by atoms with Gasteiger partial charge in [0.05, 0.1) is 20.1 Å². The van der Waals surface area contributed by atoms with Crippen LogP contribution in [0.4, 0.5) is 0 Å². The molecular formula is C9H17N2O+. The summed E-state index contributed by atoms with van der Waals surface area (Å²) in [6.07, 6.45) is 3.92. The molecule has 3 heteroatoms. The second-order valence-electron chi connectivity index (χ2n) is 4.31. The molecule has 0 aliphatic carbocycles. The highest BCUT2D eigenvalue weighted by Gasteiger charge is 2.40. The number of carbonyl (C=O) groups excluding carboxylic acids is 1. The molecule has 0 aromatic carbocycles. The van der Waals surface area contributed by atoms with E-state index in [-0.39, 0.29) is 5.91 Å². The highest BCUT2D eigenvalue weighted by molar-refractivity contribution is 5.77. The number of hydrogen-bond acceptors (Lipinski definition) is 1. The molecule has 1 N–H and O–H groups in total. The summed E-state index contributed by atoms with van der Waals surface area (Å²) in [5.74, 6) is 0.232. The molecule has 0 spiro atoms. The Morgan fingerprint density at radius 3 is 3.17 bits per heavy atom. The van der Waals surface area contributed by atoms with Gasteiger partial charge < -0.3 is 9.80 Å². The minimum atomic E-state index is 0.232. The number of quaternary nitrogens is 1. The quantitative estimate of drug-likeness (QED) is 0.513. The smallest absolute Gasteiger partial charge is 0.275 e. The van der Waals surface area contributed by atoms with Crippen molar-refractivity contribution in [2.75, 3.05) is 26.7 Å². The van der Waals surface area contributed by atoms with Crippen molar-refractivity contribution in [3.8, 4) is 0 Å². The predicted octanol–water partition coefficient (Wildman–Crippen LogP) is 0.115. The second kappa shape index (κ2) is 2.73. The standard InChI is InChI=1S/C9H16N2O/c1-11-5-3-2-4-8(11)6-10-9(12)7-11/h8H,2-7H2,1H3/p+1/t8-,11-/m1/s1. The zero-order valence-corrected chi connectivity index (χ0v) is 7.68. The fourth-order valence-corrected chi connectivity index (χ4v) is 2.49. The van der Waals surface area contributed by atoms with Crippen LogP contribution in [0.2, 0.25) is 0 Å². The monoisotopic (exact) mass is 169 g/mol. The van der Waals surface area contributed by atoms with E-state index in [2.05, 4.69) is 12.4 Å².